The van der Waals surface area contributed by atoms with Gasteiger partial charge in [0.15, 0.2) is 23.1 Å². The summed E-state index contributed by atoms with van der Waals surface area (Å²) in [6.07, 6.45) is -0.339. The summed E-state index contributed by atoms with van der Waals surface area (Å²) in [5.74, 6) is -3.99. The molecule has 0 unspecified atom stereocenters. The van der Waals surface area contributed by atoms with Crippen LogP contribution < -0.4 is 0 Å². The fourth-order valence-corrected chi connectivity index (χ4v) is 8.64. The Morgan fingerprint density at radius 1 is 0.889 bits per heavy atom. The molecule has 45 heavy (non-hydrogen) atoms. The molecule has 0 N–H and O–H groups in total. The maximum Gasteiger partial charge on any atom is 0.331 e. The first kappa shape index (κ1) is 32.6. The number of Topliss-reactive ketones (excluding diaryl/α,β-unsaturated/α-hetero) is 1. The third kappa shape index (κ3) is 5.11. The zero-order chi connectivity index (χ0) is 33.1. The smallest absolute Gasteiger partial charge is 0.331 e. The Kier molecular flexibility index (Phi) is 8.13. The van der Waals surface area contributed by atoms with E-state index in [1.165, 1.54) is 26.8 Å². The highest BCUT2D eigenvalue weighted by Crippen LogP contribution is 2.72. The van der Waals surface area contributed by atoms with Gasteiger partial charge in [0.05, 0.1) is 0 Å². The van der Waals surface area contributed by atoms with E-state index in [1.54, 1.807) is 13.0 Å². The van der Waals surface area contributed by atoms with Crippen molar-refractivity contribution in [3.63, 3.8) is 0 Å². The van der Waals surface area contributed by atoms with Gasteiger partial charge in [0.25, 0.3) is 0 Å². The average molecular weight is 623 g/mol. The van der Waals surface area contributed by atoms with Crippen LogP contribution in [0.2, 0.25) is 0 Å². The third-order valence-corrected chi connectivity index (χ3v) is 10.7. The van der Waals surface area contributed by atoms with Crippen LogP contribution >= 0.6 is 0 Å². The number of esters is 4. The molecule has 10 heteroatoms. The first-order chi connectivity index (χ1) is 21.0. The molecule has 4 fully saturated rings. The number of ketones is 1. The van der Waals surface area contributed by atoms with Gasteiger partial charge in [-0.05, 0) is 37.0 Å². The van der Waals surface area contributed by atoms with Gasteiger partial charge in [-0.1, -0.05) is 57.7 Å². The van der Waals surface area contributed by atoms with Crippen molar-refractivity contribution in [1.82, 2.24) is 0 Å². The minimum atomic E-state index is -1.37. The highest BCUT2D eigenvalue weighted by atomic mass is 16.7. The van der Waals surface area contributed by atoms with Crippen molar-refractivity contribution in [2.75, 3.05) is 0 Å². The lowest BCUT2D eigenvalue weighted by Crippen LogP contribution is -2.71. The van der Waals surface area contributed by atoms with Crippen LogP contribution in [0.4, 0.5) is 0 Å². The molecule has 0 aromatic heterocycles. The summed E-state index contributed by atoms with van der Waals surface area (Å²) in [6.45, 7) is 15.5. The van der Waals surface area contributed by atoms with E-state index in [2.05, 4.69) is 6.58 Å². The first-order valence-corrected chi connectivity index (χ1v) is 15.4. The second-order valence-electron chi connectivity index (χ2n) is 13.7. The van der Waals surface area contributed by atoms with E-state index in [9.17, 15) is 24.0 Å². The average Bonchev–Trinajstić information content (AvgIpc) is 3.62. The van der Waals surface area contributed by atoms with Crippen LogP contribution in [-0.2, 0) is 47.7 Å². The summed E-state index contributed by atoms with van der Waals surface area (Å²) in [7, 11) is 0. The normalized spacial score (nSPS) is 38.1. The number of epoxide rings is 1. The van der Waals surface area contributed by atoms with Gasteiger partial charge in [-0.3, -0.25) is 19.2 Å². The van der Waals surface area contributed by atoms with Crippen molar-refractivity contribution < 1.29 is 47.7 Å². The van der Waals surface area contributed by atoms with Gasteiger partial charge in [0.1, 0.15) is 18.3 Å². The molecule has 0 radical (unpaired) electrons. The molecule has 3 saturated carbocycles. The number of hydrogen-bond acceptors (Lipinski definition) is 10. The molecule has 242 valence electrons. The van der Waals surface area contributed by atoms with Crippen LogP contribution in [-0.4, -0.2) is 65.3 Å². The largest absolute Gasteiger partial charge is 0.462 e. The molecule has 4 aliphatic rings. The Bertz CT molecular complexity index is 1460. The second kappa shape index (κ2) is 11.2. The molecule has 1 spiro atoms. The summed E-state index contributed by atoms with van der Waals surface area (Å²) < 4.78 is 30.5. The zero-order valence-corrected chi connectivity index (χ0v) is 26.9. The molecule has 2 bridgehead atoms. The number of ether oxygens (including phenoxy) is 5. The molecule has 1 aliphatic heterocycles. The Balaban J connectivity index is 1.63. The predicted molar refractivity (Wildman–Crippen MR) is 161 cm³/mol. The number of benzene rings is 1. The fourth-order valence-electron chi connectivity index (χ4n) is 8.64. The standard InChI is InChI=1S/C35H42O10/c1-19-25(44-27(40)15-14-23-12-10-9-11-13-23)16-17-33(7)28(19)29(41-20(2)36)24-18-26(39)34(8)35(45-34,32(24,5)6)31(43-22(4)38)30(33)42-21(3)37/h9-15,24-25,28-31H,1,16-18H2,2-8H3/t24-,25-,28-,29+,30-,31-,33+,34-,35-/m0/s1. The van der Waals surface area contributed by atoms with Gasteiger partial charge in [-0.25, -0.2) is 4.79 Å². The molecule has 10 nitrogen and oxygen atoms in total. The Morgan fingerprint density at radius 3 is 2.09 bits per heavy atom. The Labute approximate surface area is 263 Å². The highest BCUT2D eigenvalue weighted by Gasteiger charge is 2.88. The number of rotatable bonds is 6. The fraction of sp³-hybridized carbons (Fsp3) is 0.571. The Morgan fingerprint density at radius 2 is 1.49 bits per heavy atom. The van der Waals surface area contributed by atoms with Crippen LogP contribution in [0.15, 0.2) is 48.6 Å². The van der Waals surface area contributed by atoms with E-state index in [0.717, 1.165) is 5.56 Å². The first-order valence-electron chi connectivity index (χ1n) is 15.4. The number of hydrogen-bond donors (Lipinski definition) is 0. The van der Waals surface area contributed by atoms with Crippen molar-refractivity contribution in [1.29, 1.82) is 0 Å². The van der Waals surface area contributed by atoms with Crippen LogP contribution in [0, 0.1) is 22.7 Å². The van der Waals surface area contributed by atoms with Gasteiger partial charge in [0, 0.05) is 55.9 Å². The van der Waals surface area contributed by atoms with Gasteiger partial charge in [-0.2, -0.15) is 0 Å². The Hall–Kier alpha value is -3.79. The molecule has 5 rings (SSSR count). The summed E-state index contributed by atoms with van der Waals surface area (Å²) >= 11 is 0. The second-order valence-corrected chi connectivity index (χ2v) is 13.7. The van der Waals surface area contributed by atoms with E-state index in [-0.39, 0.29) is 12.2 Å². The number of carbonyl (C=O) groups excluding carboxylic acids is 5. The van der Waals surface area contributed by atoms with Crippen LogP contribution in [0.5, 0.6) is 0 Å². The topological polar surface area (TPSA) is 135 Å². The van der Waals surface area contributed by atoms with Crippen molar-refractivity contribution >= 4 is 35.7 Å². The van der Waals surface area contributed by atoms with E-state index in [0.29, 0.717) is 18.4 Å². The van der Waals surface area contributed by atoms with Crippen molar-refractivity contribution in [2.45, 2.75) is 103 Å². The summed E-state index contributed by atoms with van der Waals surface area (Å²) in [5.41, 5.74) is -3.37. The number of carbonyl (C=O) groups is 5. The van der Waals surface area contributed by atoms with E-state index in [1.807, 2.05) is 51.1 Å². The quantitative estimate of drug-likeness (QED) is 0.146. The third-order valence-electron chi connectivity index (χ3n) is 10.7. The van der Waals surface area contributed by atoms with E-state index >= 15 is 0 Å². The highest BCUT2D eigenvalue weighted by molar-refractivity contribution is 5.94. The van der Waals surface area contributed by atoms with Crippen LogP contribution in [0.25, 0.3) is 6.08 Å². The molecule has 0 amide bonds. The van der Waals surface area contributed by atoms with Crippen LogP contribution in [0.1, 0.15) is 73.3 Å². The summed E-state index contributed by atoms with van der Waals surface area (Å²) in [4.78, 5) is 65.0. The predicted octanol–water partition coefficient (Wildman–Crippen LogP) is 4.54. The monoisotopic (exact) mass is 622 g/mol. The molecule has 1 aromatic carbocycles. The SMILES string of the molecule is C=C1[C@@H](OC(=O)C=Cc2ccccc2)CC[C@@]2(C)[C@@H](OC(C)=O)[C@H](OC(C)=O)[C@@]34O[C@@]3(C)C(=O)C[C@@H]([C@@H](OC(C)=O)[C@H]12)C4(C)C. The maximum atomic E-state index is 13.8. The number of fused-ring (bicyclic) bond motifs is 2. The molecular weight excluding hydrogens is 580 g/mol. The van der Waals surface area contributed by atoms with Crippen molar-refractivity contribution in [3.8, 4) is 0 Å². The van der Waals surface area contributed by atoms with Crippen molar-refractivity contribution in [2.24, 2.45) is 22.7 Å². The molecule has 1 heterocycles. The summed E-state index contributed by atoms with van der Waals surface area (Å²) in [5, 5.41) is 0. The van der Waals surface area contributed by atoms with Crippen LogP contribution in [0.3, 0.4) is 0 Å². The van der Waals surface area contributed by atoms with Gasteiger partial charge < -0.3 is 23.7 Å². The molecule has 9 atom stereocenters. The molecule has 1 aromatic rings. The molecular formula is C35H42O10. The lowest BCUT2D eigenvalue weighted by Gasteiger charge is -2.60. The van der Waals surface area contributed by atoms with E-state index in [4.69, 9.17) is 23.7 Å². The van der Waals surface area contributed by atoms with Gasteiger partial charge >= 0.3 is 23.9 Å². The zero-order valence-electron chi connectivity index (χ0n) is 26.9. The van der Waals surface area contributed by atoms with Crippen molar-refractivity contribution in [3.05, 3.63) is 54.1 Å². The van der Waals surface area contributed by atoms with E-state index < -0.39 is 82.2 Å². The lowest BCUT2D eigenvalue weighted by atomic mass is 9.46. The molecule has 3 aliphatic carbocycles. The summed E-state index contributed by atoms with van der Waals surface area (Å²) in [6, 6.07) is 9.31. The van der Waals surface area contributed by atoms with Gasteiger partial charge in [0.2, 0.25) is 0 Å². The minimum Gasteiger partial charge on any atom is -0.462 e. The lowest BCUT2D eigenvalue weighted by molar-refractivity contribution is -0.230. The maximum absolute atomic E-state index is 13.8. The minimum absolute atomic E-state index is 0.0261. The molecule has 1 saturated heterocycles. The van der Waals surface area contributed by atoms with Gasteiger partial charge in [-0.15, -0.1) is 0 Å².